The van der Waals surface area contributed by atoms with Crippen LogP contribution in [-0.2, 0) is 0 Å². The minimum Gasteiger partial charge on any atom is -0.451 e. The molecule has 1 N–H and O–H groups in total. The van der Waals surface area contributed by atoms with Gasteiger partial charge >= 0.3 is 0 Å². The number of nitrogens with one attached hydrogen (secondary N) is 1. The van der Waals surface area contributed by atoms with Crippen LogP contribution >= 0.6 is 12.4 Å². The van der Waals surface area contributed by atoms with Crippen molar-refractivity contribution < 1.29 is 9.21 Å². The monoisotopic (exact) mass is 400 g/mol. The lowest BCUT2D eigenvalue weighted by atomic mass is 10.0. The molecule has 0 aliphatic rings. The molecule has 1 heterocycles. The first-order chi connectivity index (χ1) is 12.8. The molecule has 0 saturated carbocycles. The molecule has 1 unspecified atom stereocenters. The van der Waals surface area contributed by atoms with Gasteiger partial charge < -0.3 is 14.6 Å². The van der Waals surface area contributed by atoms with E-state index in [1.807, 2.05) is 38.9 Å². The van der Waals surface area contributed by atoms with E-state index in [1.165, 1.54) is 11.6 Å². The van der Waals surface area contributed by atoms with Gasteiger partial charge in [0.05, 0.1) is 11.4 Å². The number of nitrogens with zero attached hydrogens (tertiary/aromatic N) is 1. The Hall–Kier alpha value is -2.63. The Morgan fingerprint density at radius 3 is 2.32 bits per heavy atom. The zero-order valence-electron chi connectivity index (χ0n) is 16.5. The van der Waals surface area contributed by atoms with Crippen LogP contribution in [0.1, 0.15) is 33.3 Å². The van der Waals surface area contributed by atoms with Crippen molar-refractivity contribution in [2.45, 2.75) is 19.9 Å². The van der Waals surface area contributed by atoms with Gasteiger partial charge in [-0.05, 0) is 51.2 Å². The van der Waals surface area contributed by atoms with Crippen LogP contribution in [-0.4, -0.2) is 31.4 Å². The van der Waals surface area contributed by atoms with Crippen molar-refractivity contribution >= 4 is 29.3 Å². The van der Waals surface area contributed by atoms with E-state index in [1.54, 1.807) is 12.1 Å². The molecule has 0 spiro atoms. The topological polar surface area (TPSA) is 62.6 Å². The van der Waals surface area contributed by atoms with Crippen molar-refractivity contribution in [1.29, 1.82) is 0 Å². The molecule has 3 aromatic rings. The second-order valence-electron chi connectivity index (χ2n) is 7.07. The van der Waals surface area contributed by atoms with Gasteiger partial charge in [0.25, 0.3) is 5.91 Å². The van der Waals surface area contributed by atoms with Crippen molar-refractivity contribution in [3.63, 3.8) is 0 Å². The molecule has 1 amide bonds. The van der Waals surface area contributed by atoms with Crippen molar-refractivity contribution in [2.24, 2.45) is 0 Å². The van der Waals surface area contributed by atoms with Crippen LogP contribution in [0.15, 0.2) is 57.7 Å². The van der Waals surface area contributed by atoms with Gasteiger partial charge in [0.1, 0.15) is 5.58 Å². The van der Waals surface area contributed by atoms with Crippen molar-refractivity contribution in [1.82, 2.24) is 10.2 Å². The van der Waals surface area contributed by atoms with Gasteiger partial charge in [-0.2, -0.15) is 0 Å². The summed E-state index contributed by atoms with van der Waals surface area (Å²) >= 11 is 0. The quantitative estimate of drug-likeness (QED) is 0.706. The summed E-state index contributed by atoms with van der Waals surface area (Å²) in [5, 5.41) is 3.36. The number of aryl methyl sites for hydroxylation is 2. The molecule has 0 fully saturated rings. The van der Waals surface area contributed by atoms with Crippen LogP contribution in [0, 0.1) is 13.8 Å². The number of hydrogen-bond acceptors (Lipinski definition) is 4. The summed E-state index contributed by atoms with van der Waals surface area (Å²) < 4.78 is 5.67. The number of carbonyl (C=O) groups excluding carboxylic acids is 1. The van der Waals surface area contributed by atoms with E-state index in [0.29, 0.717) is 17.5 Å². The molecule has 0 aliphatic heterocycles. The summed E-state index contributed by atoms with van der Waals surface area (Å²) in [5.74, 6) is -0.367. The fourth-order valence-corrected chi connectivity index (χ4v) is 3.04. The molecule has 0 aliphatic carbocycles. The Kier molecular flexibility index (Phi) is 7.00. The van der Waals surface area contributed by atoms with E-state index in [0.717, 1.165) is 11.1 Å². The van der Waals surface area contributed by atoms with E-state index >= 15 is 0 Å². The maximum Gasteiger partial charge on any atom is 0.287 e. The molecule has 148 valence electrons. The summed E-state index contributed by atoms with van der Waals surface area (Å²) in [6, 6.07) is 14.8. The SMILES string of the molecule is Cc1ccc(C(CNC(=O)c2cc(=O)c3ccc(C)cc3o2)N(C)C)cc1.Cl. The zero-order valence-corrected chi connectivity index (χ0v) is 17.3. The lowest BCUT2D eigenvalue weighted by Gasteiger charge is -2.25. The van der Waals surface area contributed by atoms with Crippen LogP contribution in [0.4, 0.5) is 0 Å². The fourth-order valence-electron chi connectivity index (χ4n) is 3.04. The molecule has 6 heteroatoms. The van der Waals surface area contributed by atoms with E-state index in [4.69, 9.17) is 4.42 Å². The Labute approximate surface area is 170 Å². The summed E-state index contributed by atoms with van der Waals surface area (Å²) in [6.45, 7) is 4.36. The highest BCUT2D eigenvalue weighted by atomic mass is 35.5. The predicted octanol–water partition coefficient (Wildman–Crippen LogP) is 3.86. The van der Waals surface area contributed by atoms with Crippen molar-refractivity contribution in [2.75, 3.05) is 20.6 Å². The number of benzene rings is 2. The molecule has 0 saturated heterocycles. The maximum atomic E-state index is 12.6. The van der Waals surface area contributed by atoms with Crippen LogP contribution in [0.5, 0.6) is 0 Å². The minimum atomic E-state index is -0.394. The number of fused-ring (bicyclic) bond motifs is 1. The van der Waals surface area contributed by atoms with Gasteiger partial charge in [-0.25, -0.2) is 0 Å². The second kappa shape index (κ2) is 9.04. The number of hydrogen-bond donors (Lipinski definition) is 1. The Morgan fingerprint density at radius 2 is 1.68 bits per heavy atom. The normalized spacial score (nSPS) is 11.9. The third-order valence-electron chi connectivity index (χ3n) is 4.65. The number of amides is 1. The predicted molar refractivity (Wildman–Crippen MR) is 114 cm³/mol. The van der Waals surface area contributed by atoms with Gasteiger partial charge in [-0.3, -0.25) is 9.59 Å². The van der Waals surface area contributed by atoms with Crippen LogP contribution in [0.3, 0.4) is 0 Å². The van der Waals surface area contributed by atoms with E-state index in [9.17, 15) is 9.59 Å². The average Bonchev–Trinajstić information content (AvgIpc) is 2.62. The Morgan fingerprint density at radius 1 is 1.04 bits per heavy atom. The molecule has 0 bridgehead atoms. The smallest absolute Gasteiger partial charge is 0.287 e. The third kappa shape index (κ3) is 4.80. The molecule has 1 atom stereocenters. The number of rotatable bonds is 5. The molecule has 2 aromatic carbocycles. The largest absolute Gasteiger partial charge is 0.451 e. The zero-order chi connectivity index (χ0) is 19.6. The number of carbonyl (C=O) groups is 1. The van der Waals surface area contributed by atoms with Gasteiger partial charge in [0.2, 0.25) is 0 Å². The van der Waals surface area contributed by atoms with Crippen molar-refractivity contribution in [3.05, 3.63) is 81.2 Å². The average molecular weight is 401 g/mol. The van der Waals surface area contributed by atoms with Gasteiger partial charge in [-0.1, -0.05) is 35.9 Å². The second-order valence-corrected chi connectivity index (χ2v) is 7.07. The van der Waals surface area contributed by atoms with Crippen molar-refractivity contribution in [3.8, 4) is 0 Å². The van der Waals surface area contributed by atoms with E-state index in [-0.39, 0.29) is 29.6 Å². The third-order valence-corrected chi connectivity index (χ3v) is 4.65. The molecule has 1 aromatic heterocycles. The van der Waals surface area contributed by atoms with Crippen LogP contribution in [0.2, 0.25) is 0 Å². The van der Waals surface area contributed by atoms with Gasteiger partial charge in [0, 0.05) is 12.6 Å². The minimum absolute atomic E-state index is 0. The standard InChI is InChI=1S/C22H24N2O3.ClH/c1-14-5-8-16(9-6-14)18(24(3)4)13-23-22(26)21-12-19(25)17-10-7-15(2)11-20(17)27-21;/h5-12,18H,13H2,1-4H3,(H,23,26);1H. The molecule has 5 nitrogen and oxygen atoms in total. The maximum absolute atomic E-state index is 12.6. The Balaban J connectivity index is 0.00000280. The number of likely N-dealkylation sites (N-methyl/N-ethyl adjacent to an activating group) is 1. The highest BCUT2D eigenvalue weighted by Crippen LogP contribution is 2.19. The Bertz CT molecular complexity index is 1030. The van der Waals surface area contributed by atoms with Crippen LogP contribution in [0.25, 0.3) is 11.0 Å². The van der Waals surface area contributed by atoms with Gasteiger partial charge in [-0.15, -0.1) is 12.4 Å². The first-order valence-corrected chi connectivity index (χ1v) is 8.91. The molecular weight excluding hydrogens is 376 g/mol. The first-order valence-electron chi connectivity index (χ1n) is 8.91. The summed E-state index contributed by atoms with van der Waals surface area (Å²) in [4.78, 5) is 26.9. The summed E-state index contributed by atoms with van der Waals surface area (Å²) in [5.41, 5.74) is 3.48. The molecule has 28 heavy (non-hydrogen) atoms. The first kappa shape index (κ1) is 21.7. The molecule has 0 radical (unpaired) electrons. The molecule has 3 rings (SSSR count). The number of halogens is 1. The van der Waals surface area contributed by atoms with E-state index < -0.39 is 5.91 Å². The molecular formula is C22H25ClN2O3. The summed E-state index contributed by atoms with van der Waals surface area (Å²) in [6.07, 6.45) is 0. The summed E-state index contributed by atoms with van der Waals surface area (Å²) in [7, 11) is 3.94. The van der Waals surface area contributed by atoms with Crippen LogP contribution < -0.4 is 10.7 Å². The fraction of sp³-hybridized carbons (Fsp3) is 0.273. The van der Waals surface area contributed by atoms with Gasteiger partial charge in [0.15, 0.2) is 11.2 Å². The van der Waals surface area contributed by atoms with E-state index in [2.05, 4.69) is 29.6 Å². The highest BCUT2D eigenvalue weighted by Gasteiger charge is 2.18. The lowest BCUT2D eigenvalue weighted by molar-refractivity contribution is 0.0914. The lowest BCUT2D eigenvalue weighted by Crippen LogP contribution is -2.34. The highest BCUT2D eigenvalue weighted by molar-refractivity contribution is 5.93.